The maximum Gasteiger partial charge on any atom is 0.129 e. The van der Waals surface area contributed by atoms with Crippen LogP contribution in [0.25, 0.3) is 0 Å². The van der Waals surface area contributed by atoms with Crippen LogP contribution in [0.3, 0.4) is 0 Å². The average molecular weight is 326 g/mol. The molecule has 124 valence electrons. The van der Waals surface area contributed by atoms with Gasteiger partial charge < -0.3 is 9.84 Å². The number of hydrogen-bond acceptors (Lipinski definition) is 4. The number of benzene rings is 2. The van der Waals surface area contributed by atoms with Gasteiger partial charge in [0, 0.05) is 25.2 Å². The molecule has 2 atom stereocenters. The number of halogens is 1. The Morgan fingerprint density at radius 2 is 2.00 bits per heavy atom. The van der Waals surface area contributed by atoms with Crippen LogP contribution >= 0.6 is 0 Å². The Labute approximate surface area is 140 Å². The van der Waals surface area contributed by atoms with Crippen LogP contribution in [0.1, 0.15) is 28.9 Å². The molecule has 0 radical (unpaired) electrons. The molecule has 1 aliphatic rings. The Morgan fingerprint density at radius 1 is 1.25 bits per heavy atom. The Balaban J connectivity index is 1.64. The highest BCUT2D eigenvalue weighted by atomic mass is 19.1. The van der Waals surface area contributed by atoms with Gasteiger partial charge in [0.15, 0.2) is 0 Å². The first-order chi connectivity index (χ1) is 11.7. The van der Waals surface area contributed by atoms with Gasteiger partial charge in [-0.25, -0.2) is 4.39 Å². The Bertz CT molecular complexity index is 727. The molecular weight excluding hydrogens is 307 g/mol. The molecule has 2 aromatic rings. The highest BCUT2D eigenvalue weighted by molar-refractivity contribution is 5.32. The zero-order valence-electron chi connectivity index (χ0n) is 13.2. The molecule has 0 aliphatic carbocycles. The topological polar surface area (TPSA) is 56.5 Å². The van der Waals surface area contributed by atoms with Crippen molar-refractivity contribution >= 4 is 0 Å². The number of β-amino-alcohol motifs (C(OH)–C–C–N with tert-alkyl or cyclic N) is 1. The van der Waals surface area contributed by atoms with Gasteiger partial charge in [-0.15, -0.1) is 0 Å². The molecule has 1 heterocycles. The van der Waals surface area contributed by atoms with E-state index in [1.165, 1.54) is 6.07 Å². The van der Waals surface area contributed by atoms with Crippen LogP contribution < -0.4 is 0 Å². The van der Waals surface area contributed by atoms with E-state index in [0.29, 0.717) is 37.4 Å². The van der Waals surface area contributed by atoms with E-state index in [0.717, 1.165) is 5.56 Å². The third kappa shape index (κ3) is 3.80. The largest absolute Gasteiger partial charge is 0.387 e. The van der Waals surface area contributed by atoms with Crippen LogP contribution in [-0.2, 0) is 4.74 Å². The maximum atomic E-state index is 13.9. The molecule has 1 aliphatic heterocycles. The number of nitriles is 1. The summed E-state index contributed by atoms with van der Waals surface area (Å²) in [5.74, 6) is -0.267. The maximum absolute atomic E-state index is 13.9. The van der Waals surface area contributed by atoms with Gasteiger partial charge in [0.25, 0.3) is 0 Å². The van der Waals surface area contributed by atoms with E-state index >= 15 is 0 Å². The van der Waals surface area contributed by atoms with Gasteiger partial charge in [-0.2, -0.15) is 5.26 Å². The molecule has 0 bridgehead atoms. The Hall–Kier alpha value is -2.26. The summed E-state index contributed by atoms with van der Waals surface area (Å²) in [5, 5.41) is 19.2. The second-order valence-corrected chi connectivity index (χ2v) is 5.89. The van der Waals surface area contributed by atoms with E-state index in [4.69, 9.17) is 10.00 Å². The quantitative estimate of drug-likeness (QED) is 0.939. The predicted molar refractivity (Wildman–Crippen MR) is 87.6 cm³/mol. The number of ether oxygens (including phenoxy) is 1. The van der Waals surface area contributed by atoms with Gasteiger partial charge in [0.2, 0.25) is 0 Å². The second kappa shape index (κ2) is 7.54. The molecule has 0 aromatic heterocycles. The van der Waals surface area contributed by atoms with Crippen LogP contribution in [0.15, 0.2) is 48.5 Å². The van der Waals surface area contributed by atoms with Crippen LogP contribution in [-0.4, -0.2) is 36.2 Å². The summed E-state index contributed by atoms with van der Waals surface area (Å²) in [4.78, 5) is 2.07. The fourth-order valence-electron chi connectivity index (χ4n) is 2.92. The highest BCUT2D eigenvalue weighted by Gasteiger charge is 2.25. The molecule has 3 rings (SSSR count). The Morgan fingerprint density at radius 3 is 2.71 bits per heavy atom. The van der Waals surface area contributed by atoms with E-state index in [9.17, 15) is 9.50 Å². The Kier molecular flexibility index (Phi) is 5.21. The normalized spacial score (nSPS) is 19.6. The summed E-state index contributed by atoms with van der Waals surface area (Å²) in [6.07, 6.45) is -0.981. The van der Waals surface area contributed by atoms with E-state index in [2.05, 4.69) is 11.0 Å². The summed E-state index contributed by atoms with van der Waals surface area (Å²) in [6, 6.07) is 15.6. The van der Waals surface area contributed by atoms with Gasteiger partial charge in [-0.05, 0) is 23.8 Å². The molecule has 0 spiro atoms. The van der Waals surface area contributed by atoms with Crippen molar-refractivity contribution in [2.24, 2.45) is 0 Å². The number of rotatable bonds is 4. The van der Waals surface area contributed by atoms with Gasteiger partial charge in [0.05, 0.1) is 30.4 Å². The van der Waals surface area contributed by atoms with Crippen molar-refractivity contribution in [1.82, 2.24) is 4.90 Å². The van der Waals surface area contributed by atoms with Gasteiger partial charge >= 0.3 is 0 Å². The zero-order valence-corrected chi connectivity index (χ0v) is 13.2. The molecular formula is C19H19FN2O2. The lowest BCUT2D eigenvalue weighted by Crippen LogP contribution is -2.40. The molecule has 0 saturated carbocycles. The fraction of sp³-hybridized carbons (Fsp3) is 0.316. The zero-order chi connectivity index (χ0) is 16.9. The molecule has 1 fully saturated rings. The minimum Gasteiger partial charge on any atom is -0.387 e. The fourth-order valence-corrected chi connectivity index (χ4v) is 2.92. The molecule has 24 heavy (non-hydrogen) atoms. The smallest absolute Gasteiger partial charge is 0.129 e. The lowest BCUT2D eigenvalue weighted by Gasteiger charge is -2.34. The summed E-state index contributed by atoms with van der Waals surface area (Å²) < 4.78 is 19.6. The minimum atomic E-state index is -0.655. The molecule has 1 saturated heterocycles. The third-order valence-corrected chi connectivity index (χ3v) is 4.26. The average Bonchev–Trinajstić information content (AvgIpc) is 2.62. The first-order valence-corrected chi connectivity index (χ1v) is 7.94. The standard InChI is InChI=1S/C19H19FN2O2/c20-17-4-2-1-3-16(17)19-13-22(9-10-24-19)12-18(23)15-7-5-14(11-21)6-8-15/h1-8,18-19,23H,9-10,12-13H2. The number of nitrogens with zero attached hydrogens (tertiary/aromatic N) is 2. The van der Waals surface area contributed by atoms with E-state index in [1.54, 1.807) is 42.5 Å². The monoisotopic (exact) mass is 326 g/mol. The van der Waals surface area contributed by atoms with Crippen LogP contribution in [0, 0.1) is 17.1 Å². The van der Waals surface area contributed by atoms with Crippen molar-refractivity contribution in [2.45, 2.75) is 12.2 Å². The predicted octanol–water partition coefficient (Wildman–Crippen LogP) is 2.80. The summed E-state index contributed by atoms with van der Waals surface area (Å²) in [7, 11) is 0. The van der Waals surface area contributed by atoms with Gasteiger partial charge in [0.1, 0.15) is 5.82 Å². The summed E-state index contributed by atoms with van der Waals surface area (Å²) in [6.45, 7) is 2.17. The second-order valence-electron chi connectivity index (χ2n) is 5.89. The van der Waals surface area contributed by atoms with Crippen molar-refractivity contribution in [3.05, 3.63) is 71.0 Å². The van der Waals surface area contributed by atoms with Crippen molar-refractivity contribution < 1.29 is 14.2 Å². The summed E-state index contributed by atoms with van der Waals surface area (Å²) >= 11 is 0. The molecule has 5 heteroatoms. The molecule has 4 nitrogen and oxygen atoms in total. The van der Waals surface area contributed by atoms with Crippen molar-refractivity contribution in [1.29, 1.82) is 5.26 Å². The number of hydrogen-bond donors (Lipinski definition) is 1. The lowest BCUT2D eigenvalue weighted by atomic mass is 10.0. The van der Waals surface area contributed by atoms with E-state index < -0.39 is 6.10 Å². The summed E-state index contributed by atoms with van der Waals surface area (Å²) in [5.41, 5.74) is 1.88. The van der Waals surface area contributed by atoms with Gasteiger partial charge in [-0.3, -0.25) is 4.90 Å². The van der Waals surface area contributed by atoms with Crippen LogP contribution in [0.4, 0.5) is 4.39 Å². The van der Waals surface area contributed by atoms with Crippen LogP contribution in [0.2, 0.25) is 0 Å². The SMILES string of the molecule is N#Cc1ccc(C(O)CN2CCOC(c3ccccc3F)C2)cc1. The minimum absolute atomic E-state index is 0.267. The highest BCUT2D eigenvalue weighted by Crippen LogP contribution is 2.26. The third-order valence-electron chi connectivity index (χ3n) is 4.26. The first kappa shape index (κ1) is 16.6. The van der Waals surface area contributed by atoms with E-state index in [1.807, 2.05) is 0 Å². The lowest BCUT2D eigenvalue weighted by molar-refractivity contribution is -0.0437. The number of aliphatic hydroxyl groups is 1. The van der Waals surface area contributed by atoms with E-state index in [-0.39, 0.29) is 11.9 Å². The first-order valence-electron chi connectivity index (χ1n) is 7.94. The molecule has 0 amide bonds. The molecule has 1 N–H and O–H groups in total. The van der Waals surface area contributed by atoms with Crippen molar-refractivity contribution in [2.75, 3.05) is 26.2 Å². The van der Waals surface area contributed by atoms with Gasteiger partial charge in [-0.1, -0.05) is 30.3 Å². The van der Waals surface area contributed by atoms with Crippen molar-refractivity contribution in [3.63, 3.8) is 0 Å². The van der Waals surface area contributed by atoms with Crippen molar-refractivity contribution in [3.8, 4) is 6.07 Å². The molecule has 2 aromatic carbocycles. The van der Waals surface area contributed by atoms with Crippen LogP contribution in [0.5, 0.6) is 0 Å². The molecule has 2 unspecified atom stereocenters. The number of morpholine rings is 1. The number of aliphatic hydroxyl groups excluding tert-OH is 1.